The number of hydrogen-bond acceptors (Lipinski definition) is 2. The van der Waals surface area contributed by atoms with Crippen molar-refractivity contribution < 1.29 is 4.79 Å². The van der Waals surface area contributed by atoms with E-state index in [0.29, 0.717) is 5.11 Å². The molecule has 1 amide bonds. The van der Waals surface area contributed by atoms with E-state index >= 15 is 0 Å². The molecule has 4 nitrogen and oxygen atoms in total. The molecule has 17 heavy (non-hydrogen) atoms. The molecule has 1 aromatic carbocycles. The van der Waals surface area contributed by atoms with E-state index in [-0.39, 0.29) is 5.91 Å². The molecule has 0 aliphatic carbocycles. The fourth-order valence-electron chi connectivity index (χ4n) is 0.985. The maximum atomic E-state index is 11.6. The Morgan fingerprint density at radius 2 is 1.71 bits per heavy atom. The SMILES string of the molecule is CC(C)(C)C(=O)NNC(=S)Nc1ccccc1. The van der Waals surface area contributed by atoms with Crippen molar-refractivity contribution in [3.8, 4) is 0 Å². The highest BCUT2D eigenvalue weighted by Crippen LogP contribution is 2.11. The van der Waals surface area contributed by atoms with Crippen molar-refractivity contribution >= 4 is 28.9 Å². The summed E-state index contributed by atoms with van der Waals surface area (Å²) in [5, 5.41) is 3.31. The van der Waals surface area contributed by atoms with Gasteiger partial charge in [-0.25, -0.2) is 0 Å². The van der Waals surface area contributed by atoms with Crippen LogP contribution in [0.5, 0.6) is 0 Å². The van der Waals surface area contributed by atoms with Gasteiger partial charge in [-0.2, -0.15) is 0 Å². The Balaban J connectivity index is 2.39. The van der Waals surface area contributed by atoms with Crippen LogP contribution < -0.4 is 16.2 Å². The summed E-state index contributed by atoms with van der Waals surface area (Å²) >= 11 is 5.04. The number of benzene rings is 1. The van der Waals surface area contributed by atoms with Crippen LogP contribution in [0, 0.1) is 5.41 Å². The number of carbonyl (C=O) groups excluding carboxylic acids is 1. The van der Waals surface area contributed by atoms with Gasteiger partial charge in [0.05, 0.1) is 0 Å². The number of nitrogens with one attached hydrogen (secondary N) is 3. The third kappa shape index (κ3) is 4.82. The number of hydrazine groups is 1. The largest absolute Gasteiger partial charge is 0.331 e. The quantitative estimate of drug-likeness (QED) is 0.528. The van der Waals surface area contributed by atoms with Crippen LogP contribution in [0.15, 0.2) is 30.3 Å². The number of carbonyl (C=O) groups is 1. The first kappa shape index (κ1) is 13.4. The van der Waals surface area contributed by atoms with Crippen molar-refractivity contribution in [2.75, 3.05) is 5.32 Å². The average molecular weight is 251 g/mol. The summed E-state index contributed by atoms with van der Waals surface area (Å²) in [6.07, 6.45) is 0. The Morgan fingerprint density at radius 1 is 1.12 bits per heavy atom. The summed E-state index contributed by atoms with van der Waals surface area (Å²) < 4.78 is 0. The molecule has 0 aliphatic rings. The first-order valence-corrected chi connectivity index (χ1v) is 5.73. The highest BCUT2D eigenvalue weighted by molar-refractivity contribution is 7.80. The minimum Gasteiger partial charge on any atom is -0.331 e. The van der Waals surface area contributed by atoms with Gasteiger partial charge >= 0.3 is 0 Å². The minimum atomic E-state index is -0.449. The van der Waals surface area contributed by atoms with E-state index in [9.17, 15) is 4.79 Å². The summed E-state index contributed by atoms with van der Waals surface area (Å²) in [4.78, 5) is 11.6. The summed E-state index contributed by atoms with van der Waals surface area (Å²) in [5.74, 6) is -0.116. The Hall–Kier alpha value is -1.62. The molecule has 0 radical (unpaired) electrons. The van der Waals surface area contributed by atoms with E-state index in [4.69, 9.17) is 12.2 Å². The van der Waals surface area contributed by atoms with Crippen LogP contribution in [-0.2, 0) is 4.79 Å². The van der Waals surface area contributed by atoms with E-state index in [1.165, 1.54) is 0 Å². The Kier molecular flexibility index (Phi) is 4.45. The van der Waals surface area contributed by atoms with E-state index < -0.39 is 5.41 Å². The van der Waals surface area contributed by atoms with Gasteiger partial charge in [-0.05, 0) is 24.4 Å². The lowest BCUT2D eigenvalue weighted by molar-refractivity contribution is -0.129. The van der Waals surface area contributed by atoms with Gasteiger partial charge < -0.3 is 5.32 Å². The second-order valence-corrected chi connectivity index (χ2v) is 5.06. The van der Waals surface area contributed by atoms with Crippen LogP contribution in [0.1, 0.15) is 20.8 Å². The van der Waals surface area contributed by atoms with Gasteiger partial charge in [0.1, 0.15) is 0 Å². The summed E-state index contributed by atoms with van der Waals surface area (Å²) in [5.41, 5.74) is 5.63. The lowest BCUT2D eigenvalue weighted by atomic mass is 9.96. The number of thiocarbonyl (C=S) groups is 1. The molecule has 0 aromatic heterocycles. The number of rotatable bonds is 1. The molecule has 0 fully saturated rings. The first-order valence-electron chi connectivity index (χ1n) is 5.32. The fraction of sp³-hybridized carbons (Fsp3) is 0.333. The van der Waals surface area contributed by atoms with Gasteiger partial charge in [0.2, 0.25) is 5.91 Å². The average Bonchev–Trinajstić information content (AvgIpc) is 2.26. The van der Waals surface area contributed by atoms with Gasteiger partial charge in [-0.15, -0.1) is 0 Å². The number of amides is 1. The van der Waals surface area contributed by atoms with Crippen molar-refractivity contribution in [3.63, 3.8) is 0 Å². The maximum absolute atomic E-state index is 11.6. The minimum absolute atomic E-state index is 0.116. The fourth-order valence-corrected chi connectivity index (χ4v) is 1.15. The highest BCUT2D eigenvalue weighted by atomic mass is 32.1. The van der Waals surface area contributed by atoms with E-state index in [2.05, 4.69) is 16.2 Å². The molecule has 0 saturated heterocycles. The van der Waals surface area contributed by atoms with Gasteiger partial charge in [-0.3, -0.25) is 15.6 Å². The molecule has 0 heterocycles. The van der Waals surface area contributed by atoms with E-state index in [1.807, 2.05) is 51.1 Å². The molecule has 3 N–H and O–H groups in total. The van der Waals surface area contributed by atoms with Crippen LogP contribution in [0.25, 0.3) is 0 Å². The zero-order valence-electron chi connectivity index (χ0n) is 10.2. The van der Waals surface area contributed by atoms with Gasteiger partial charge in [0, 0.05) is 11.1 Å². The lowest BCUT2D eigenvalue weighted by Gasteiger charge is -2.19. The Labute approximate surface area is 107 Å². The molecule has 0 atom stereocenters. The van der Waals surface area contributed by atoms with E-state index in [1.54, 1.807) is 0 Å². The number of para-hydroxylation sites is 1. The summed E-state index contributed by atoms with van der Waals surface area (Å²) in [6, 6.07) is 9.50. The van der Waals surface area contributed by atoms with Crippen molar-refractivity contribution in [1.29, 1.82) is 0 Å². The normalized spacial score (nSPS) is 10.5. The summed E-state index contributed by atoms with van der Waals surface area (Å²) in [7, 11) is 0. The molecule has 0 aliphatic heterocycles. The molecule has 0 spiro atoms. The smallest absolute Gasteiger partial charge is 0.243 e. The summed E-state index contributed by atoms with van der Waals surface area (Å²) in [6.45, 7) is 5.49. The predicted octanol–water partition coefficient (Wildman–Crippen LogP) is 2.05. The molecule has 0 unspecified atom stereocenters. The molecular weight excluding hydrogens is 234 g/mol. The zero-order valence-corrected chi connectivity index (χ0v) is 11.0. The van der Waals surface area contributed by atoms with Gasteiger partial charge in [-0.1, -0.05) is 39.0 Å². The number of hydrogen-bond donors (Lipinski definition) is 3. The monoisotopic (exact) mass is 251 g/mol. The second-order valence-electron chi connectivity index (χ2n) is 4.65. The zero-order chi connectivity index (χ0) is 12.9. The predicted molar refractivity (Wildman–Crippen MR) is 73.4 cm³/mol. The highest BCUT2D eigenvalue weighted by Gasteiger charge is 2.20. The maximum Gasteiger partial charge on any atom is 0.243 e. The van der Waals surface area contributed by atoms with Gasteiger partial charge in [0.15, 0.2) is 5.11 Å². The van der Waals surface area contributed by atoms with Crippen LogP contribution in [-0.4, -0.2) is 11.0 Å². The van der Waals surface area contributed by atoms with Crippen molar-refractivity contribution in [1.82, 2.24) is 10.9 Å². The van der Waals surface area contributed by atoms with Crippen LogP contribution in [0.2, 0.25) is 0 Å². The van der Waals surface area contributed by atoms with Crippen LogP contribution >= 0.6 is 12.2 Å². The van der Waals surface area contributed by atoms with Crippen molar-refractivity contribution in [2.45, 2.75) is 20.8 Å². The molecular formula is C12H17N3OS. The van der Waals surface area contributed by atoms with Crippen LogP contribution in [0.4, 0.5) is 5.69 Å². The topological polar surface area (TPSA) is 53.2 Å². The second kappa shape index (κ2) is 5.63. The van der Waals surface area contributed by atoms with Gasteiger partial charge in [0.25, 0.3) is 0 Å². The Bertz CT molecular complexity index is 398. The molecule has 5 heteroatoms. The molecule has 0 saturated carbocycles. The van der Waals surface area contributed by atoms with Crippen molar-refractivity contribution in [3.05, 3.63) is 30.3 Å². The lowest BCUT2D eigenvalue weighted by Crippen LogP contribution is -2.48. The molecule has 1 aromatic rings. The third-order valence-corrected chi connectivity index (χ3v) is 2.21. The molecule has 92 valence electrons. The molecule has 0 bridgehead atoms. The Morgan fingerprint density at radius 3 is 2.24 bits per heavy atom. The van der Waals surface area contributed by atoms with Crippen LogP contribution in [0.3, 0.4) is 0 Å². The number of anilines is 1. The standard InChI is InChI=1S/C12H17N3OS/c1-12(2,3)10(16)14-15-11(17)13-9-7-5-4-6-8-9/h4-8H,1-3H3,(H,14,16)(H2,13,15,17). The van der Waals surface area contributed by atoms with Crippen molar-refractivity contribution in [2.24, 2.45) is 5.41 Å². The third-order valence-electron chi connectivity index (χ3n) is 2.00. The van der Waals surface area contributed by atoms with E-state index in [0.717, 1.165) is 5.69 Å². The molecule has 1 rings (SSSR count). The first-order chi connectivity index (χ1) is 7.89.